The predicted molar refractivity (Wildman–Crippen MR) is 86.2 cm³/mol. The molecule has 2 rings (SSSR count). The number of nitrogens with two attached hydrogens (primary N) is 1. The van der Waals surface area contributed by atoms with Crippen LogP contribution < -0.4 is 15.8 Å². The first-order valence-electron chi connectivity index (χ1n) is 7.51. The van der Waals surface area contributed by atoms with Crippen molar-refractivity contribution >= 4 is 11.4 Å². The summed E-state index contributed by atoms with van der Waals surface area (Å²) in [5.74, 6) is -0.203. The normalized spacial score (nSPS) is 21.0. The molecule has 1 aromatic rings. The zero-order valence-corrected chi connectivity index (χ0v) is 13.7. The highest BCUT2D eigenvalue weighted by Crippen LogP contribution is 2.46. The Morgan fingerprint density at radius 1 is 1.19 bits per heavy atom. The molecular formula is C17H27FN2O. The summed E-state index contributed by atoms with van der Waals surface area (Å²) in [4.78, 5) is 0. The fourth-order valence-corrected chi connectivity index (χ4v) is 4.02. The summed E-state index contributed by atoms with van der Waals surface area (Å²) >= 11 is 0. The molecule has 1 aliphatic rings. The molecule has 1 aromatic carbocycles. The van der Waals surface area contributed by atoms with E-state index in [0.29, 0.717) is 11.7 Å². The second-order valence-electron chi connectivity index (χ2n) is 7.83. The molecule has 0 heterocycles. The van der Waals surface area contributed by atoms with E-state index in [9.17, 15) is 4.39 Å². The molecule has 0 spiro atoms. The van der Waals surface area contributed by atoms with Crippen LogP contribution in [0.25, 0.3) is 0 Å². The van der Waals surface area contributed by atoms with Gasteiger partial charge in [-0.1, -0.05) is 27.7 Å². The molecule has 4 heteroatoms. The largest absolute Gasteiger partial charge is 0.494 e. The van der Waals surface area contributed by atoms with Gasteiger partial charge in [0.15, 0.2) is 11.6 Å². The Morgan fingerprint density at radius 3 is 2.29 bits per heavy atom. The molecule has 3 N–H and O–H groups in total. The highest BCUT2D eigenvalue weighted by molar-refractivity contribution is 5.69. The van der Waals surface area contributed by atoms with Gasteiger partial charge < -0.3 is 15.8 Å². The first-order chi connectivity index (χ1) is 9.62. The maximum atomic E-state index is 13.6. The van der Waals surface area contributed by atoms with Crippen molar-refractivity contribution in [1.82, 2.24) is 0 Å². The minimum atomic E-state index is -0.426. The molecule has 21 heavy (non-hydrogen) atoms. The van der Waals surface area contributed by atoms with Gasteiger partial charge in [-0.25, -0.2) is 4.39 Å². The Labute approximate surface area is 127 Å². The van der Waals surface area contributed by atoms with Crippen LogP contribution >= 0.6 is 0 Å². The van der Waals surface area contributed by atoms with Crippen LogP contribution in [0, 0.1) is 16.6 Å². The average Bonchev–Trinajstić information content (AvgIpc) is 2.28. The molecule has 0 unspecified atom stereocenters. The summed E-state index contributed by atoms with van der Waals surface area (Å²) in [6, 6.07) is 3.31. The molecule has 0 aromatic heterocycles. The van der Waals surface area contributed by atoms with E-state index in [0.717, 1.165) is 18.5 Å². The van der Waals surface area contributed by atoms with Crippen LogP contribution in [0.4, 0.5) is 15.8 Å². The lowest BCUT2D eigenvalue weighted by molar-refractivity contribution is 0.105. The minimum Gasteiger partial charge on any atom is -0.494 e. The van der Waals surface area contributed by atoms with Gasteiger partial charge in [-0.2, -0.15) is 0 Å². The Balaban J connectivity index is 2.21. The van der Waals surface area contributed by atoms with Gasteiger partial charge in [-0.15, -0.1) is 0 Å². The van der Waals surface area contributed by atoms with E-state index in [-0.39, 0.29) is 16.6 Å². The van der Waals surface area contributed by atoms with Gasteiger partial charge in [0.2, 0.25) is 0 Å². The number of anilines is 2. The van der Waals surface area contributed by atoms with E-state index in [4.69, 9.17) is 10.5 Å². The number of halogens is 1. The van der Waals surface area contributed by atoms with Crippen molar-refractivity contribution < 1.29 is 9.13 Å². The van der Waals surface area contributed by atoms with Crippen molar-refractivity contribution in [2.75, 3.05) is 18.2 Å². The molecule has 0 amide bonds. The van der Waals surface area contributed by atoms with Gasteiger partial charge in [0, 0.05) is 18.2 Å². The highest BCUT2D eigenvalue weighted by atomic mass is 19.1. The van der Waals surface area contributed by atoms with E-state index in [2.05, 4.69) is 33.0 Å². The lowest BCUT2D eigenvalue weighted by atomic mass is 9.63. The van der Waals surface area contributed by atoms with Crippen LogP contribution in [-0.2, 0) is 0 Å². The summed E-state index contributed by atoms with van der Waals surface area (Å²) in [6.45, 7) is 9.21. The van der Waals surface area contributed by atoms with Crippen molar-refractivity contribution in [1.29, 1.82) is 0 Å². The molecular weight excluding hydrogens is 267 g/mol. The molecule has 0 saturated heterocycles. The van der Waals surface area contributed by atoms with Gasteiger partial charge in [0.25, 0.3) is 0 Å². The lowest BCUT2D eigenvalue weighted by Gasteiger charge is -2.45. The van der Waals surface area contributed by atoms with E-state index in [1.165, 1.54) is 19.6 Å². The van der Waals surface area contributed by atoms with Crippen molar-refractivity contribution in [3.63, 3.8) is 0 Å². The van der Waals surface area contributed by atoms with Gasteiger partial charge in [0.05, 0.1) is 18.5 Å². The van der Waals surface area contributed by atoms with E-state index in [1.54, 1.807) is 6.07 Å². The minimum absolute atomic E-state index is 0.223. The molecule has 0 bridgehead atoms. The maximum Gasteiger partial charge on any atom is 0.167 e. The van der Waals surface area contributed by atoms with E-state index < -0.39 is 5.82 Å². The third-order valence-corrected chi connectivity index (χ3v) is 4.24. The van der Waals surface area contributed by atoms with Crippen molar-refractivity contribution in [2.24, 2.45) is 10.8 Å². The lowest BCUT2D eigenvalue weighted by Crippen LogP contribution is -2.40. The molecule has 3 nitrogen and oxygen atoms in total. The molecule has 0 atom stereocenters. The zero-order chi connectivity index (χ0) is 15.8. The number of hydrogen-bond acceptors (Lipinski definition) is 3. The number of ether oxygens (including phenoxy) is 1. The summed E-state index contributed by atoms with van der Waals surface area (Å²) in [5, 5.41) is 3.49. The predicted octanol–water partition coefficient (Wildman–Crippen LogP) is 4.43. The topological polar surface area (TPSA) is 47.3 Å². The second kappa shape index (κ2) is 5.39. The van der Waals surface area contributed by atoms with Gasteiger partial charge >= 0.3 is 0 Å². The summed E-state index contributed by atoms with van der Waals surface area (Å²) in [6.07, 6.45) is 3.37. The number of methoxy groups -OCH3 is 1. The second-order valence-corrected chi connectivity index (χ2v) is 7.83. The zero-order valence-electron chi connectivity index (χ0n) is 13.7. The van der Waals surface area contributed by atoms with Crippen molar-refractivity contribution in [3.8, 4) is 5.75 Å². The van der Waals surface area contributed by atoms with E-state index >= 15 is 0 Å². The monoisotopic (exact) mass is 294 g/mol. The first kappa shape index (κ1) is 15.9. The van der Waals surface area contributed by atoms with Crippen LogP contribution in [0.3, 0.4) is 0 Å². The van der Waals surface area contributed by atoms with Crippen LogP contribution in [0.2, 0.25) is 0 Å². The summed E-state index contributed by atoms with van der Waals surface area (Å²) in [7, 11) is 1.46. The highest BCUT2D eigenvalue weighted by Gasteiger charge is 2.38. The van der Waals surface area contributed by atoms with Crippen molar-refractivity contribution in [2.45, 2.75) is 53.0 Å². The quantitative estimate of drug-likeness (QED) is 0.811. The molecule has 118 valence electrons. The molecule has 0 radical (unpaired) electrons. The van der Waals surface area contributed by atoms with Crippen LogP contribution in [0.5, 0.6) is 5.75 Å². The fourth-order valence-electron chi connectivity index (χ4n) is 4.02. The van der Waals surface area contributed by atoms with Crippen molar-refractivity contribution in [3.05, 3.63) is 17.9 Å². The number of nitrogens with one attached hydrogen (secondary N) is 1. The summed E-state index contributed by atoms with van der Waals surface area (Å²) < 4.78 is 18.7. The third kappa shape index (κ3) is 3.80. The van der Waals surface area contributed by atoms with Gasteiger partial charge in [-0.3, -0.25) is 0 Å². The number of hydrogen-bond donors (Lipinski definition) is 2. The molecule has 0 aliphatic heterocycles. The smallest absolute Gasteiger partial charge is 0.167 e. The SMILES string of the molecule is COc1cc(NC2CC(C)(C)CC(C)(C)C2)c(N)cc1F. The maximum absolute atomic E-state index is 13.6. The Morgan fingerprint density at radius 2 is 1.76 bits per heavy atom. The number of rotatable bonds is 3. The van der Waals surface area contributed by atoms with Crippen LogP contribution in [0.15, 0.2) is 12.1 Å². The Hall–Kier alpha value is -1.45. The Bertz CT molecular complexity index is 510. The number of benzene rings is 1. The average molecular weight is 294 g/mol. The molecule has 1 saturated carbocycles. The Kier molecular flexibility index (Phi) is 4.09. The fraction of sp³-hybridized carbons (Fsp3) is 0.647. The number of nitrogen functional groups attached to an aromatic ring is 1. The van der Waals surface area contributed by atoms with Gasteiger partial charge in [-0.05, 0) is 30.1 Å². The van der Waals surface area contributed by atoms with Crippen LogP contribution in [-0.4, -0.2) is 13.2 Å². The van der Waals surface area contributed by atoms with E-state index in [1.807, 2.05) is 0 Å². The van der Waals surface area contributed by atoms with Crippen LogP contribution in [0.1, 0.15) is 47.0 Å². The standard InChI is InChI=1S/C17H27FN2O/c1-16(2)8-11(9-17(3,4)10-16)20-14-7-15(21-5)12(18)6-13(14)19/h6-7,11,20H,8-10,19H2,1-5H3. The third-order valence-electron chi connectivity index (χ3n) is 4.24. The first-order valence-corrected chi connectivity index (χ1v) is 7.51. The summed E-state index contributed by atoms with van der Waals surface area (Å²) in [5.41, 5.74) is 7.70. The van der Waals surface area contributed by atoms with Gasteiger partial charge in [0.1, 0.15) is 0 Å². The molecule has 1 aliphatic carbocycles. The molecule has 1 fully saturated rings.